The molecule has 1 rings (SSSR count). The van der Waals surface area contributed by atoms with Gasteiger partial charge in [-0.1, -0.05) is 0 Å². The molecule has 1 atom stereocenters. The van der Waals surface area contributed by atoms with E-state index >= 15 is 0 Å². The van der Waals surface area contributed by atoms with Crippen molar-refractivity contribution in [2.45, 2.75) is 38.8 Å². The fraction of sp³-hybridized carbons (Fsp3) is 0.545. The fourth-order valence-electron chi connectivity index (χ4n) is 1.09. The van der Waals surface area contributed by atoms with Crippen LogP contribution in [0.4, 0.5) is 4.79 Å². The molecule has 0 amide bonds. The quantitative estimate of drug-likeness (QED) is 0.668. The van der Waals surface area contributed by atoms with Crippen molar-refractivity contribution < 1.29 is 19.1 Å². The van der Waals surface area contributed by atoms with Gasteiger partial charge in [-0.25, -0.2) is 9.78 Å². The number of esters is 1. The minimum atomic E-state index is -1.01. The standard InChI is InChI=1S/C11H16N2O4S/c1-11(2,3)17-10(15)16-8(14)6-7(12)9-13-4-5-18-9/h4-5,7H,6,12H2,1-3H3. The lowest BCUT2D eigenvalue weighted by Crippen LogP contribution is -2.27. The molecule has 0 aliphatic carbocycles. The Morgan fingerprint density at radius 3 is 2.67 bits per heavy atom. The lowest BCUT2D eigenvalue weighted by molar-refractivity contribution is -0.141. The number of rotatable bonds is 3. The Morgan fingerprint density at radius 1 is 1.50 bits per heavy atom. The predicted octanol–water partition coefficient (Wildman–Crippen LogP) is 2.01. The molecule has 1 aromatic rings. The Morgan fingerprint density at radius 2 is 2.17 bits per heavy atom. The number of ether oxygens (including phenoxy) is 2. The number of hydrogen-bond donors (Lipinski definition) is 1. The summed E-state index contributed by atoms with van der Waals surface area (Å²) in [5.41, 5.74) is 5.04. The van der Waals surface area contributed by atoms with Crippen LogP contribution in [0.2, 0.25) is 0 Å². The number of aromatic nitrogens is 1. The molecular formula is C11H16N2O4S. The third-order valence-corrected chi connectivity index (χ3v) is 2.65. The van der Waals surface area contributed by atoms with E-state index in [1.165, 1.54) is 11.3 Å². The molecule has 0 saturated carbocycles. The van der Waals surface area contributed by atoms with E-state index in [4.69, 9.17) is 10.5 Å². The van der Waals surface area contributed by atoms with Gasteiger partial charge in [0.25, 0.3) is 0 Å². The molecule has 7 heteroatoms. The van der Waals surface area contributed by atoms with Gasteiger partial charge in [-0.3, -0.25) is 4.79 Å². The van der Waals surface area contributed by atoms with E-state index in [9.17, 15) is 9.59 Å². The highest BCUT2D eigenvalue weighted by molar-refractivity contribution is 7.09. The summed E-state index contributed by atoms with van der Waals surface area (Å²) < 4.78 is 9.34. The van der Waals surface area contributed by atoms with Crippen LogP contribution in [0.25, 0.3) is 0 Å². The maximum absolute atomic E-state index is 11.4. The fourth-order valence-corrected chi connectivity index (χ4v) is 1.73. The molecule has 0 saturated heterocycles. The van der Waals surface area contributed by atoms with Crippen molar-refractivity contribution in [3.63, 3.8) is 0 Å². The first-order valence-corrected chi connectivity index (χ1v) is 6.24. The highest BCUT2D eigenvalue weighted by Gasteiger charge is 2.22. The van der Waals surface area contributed by atoms with Gasteiger partial charge in [0.05, 0.1) is 12.5 Å². The zero-order chi connectivity index (χ0) is 13.8. The van der Waals surface area contributed by atoms with Crippen LogP contribution in [0.15, 0.2) is 11.6 Å². The summed E-state index contributed by atoms with van der Waals surface area (Å²) in [6, 6.07) is -0.570. The third-order valence-electron chi connectivity index (χ3n) is 1.74. The normalized spacial score (nSPS) is 12.9. The van der Waals surface area contributed by atoms with Gasteiger partial charge in [0.1, 0.15) is 10.6 Å². The molecule has 0 bridgehead atoms. The van der Waals surface area contributed by atoms with Crippen LogP contribution in [0.5, 0.6) is 0 Å². The molecule has 100 valence electrons. The van der Waals surface area contributed by atoms with Crippen LogP contribution in [-0.4, -0.2) is 22.7 Å². The molecule has 1 unspecified atom stereocenters. The lowest BCUT2D eigenvalue weighted by atomic mass is 10.2. The second kappa shape index (κ2) is 5.92. The molecule has 1 aromatic heterocycles. The summed E-state index contributed by atoms with van der Waals surface area (Å²) in [6.07, 6.45) is 0.463. The maximum atomic E-state index is 11.4. The average molecular weight is 272 g/mol. The number of carbonyl (C=O) groups is 2. The van der Waals surface area contributed by atoms with Crippen molar-refractivity contribution in [2.24, 2.45) is 5.73 Å². The van der Waals surface area contributed by atoms with E-state index in [1.807, 2.05) is 0 Å². The first kappa shape index (κ1) is 14.6. The number of hydrogen-bond acceptors (Lipinski definition) is 7. The van der Waals surface area contributed by atoms with Crippen LogP contribution in [0, 0.1) is 0 Å². The smallest absolute Gasteiger partial charge is 0.428 e. The second-order valence-corrected chi connectivity index (χ2v) is 5.55. The van der Waals surface area contributed by atoms with Gasteiger partial charge in [-0.15, -0.1) is 11.3 Å². The zero-order valence-electron chi connectivity index (χ0n) is 10.5. The molecule has 0 spiro atoms. The SMILES string of the molecule is CC(C)(C)OC(=O)OC(=O)CC(N)c1nccs1. The number of nitrogens with two attached hydrogens (primary N) is 1. The van der Waals surface area contributed by atoms with Crippen LogP contribution in [0.1, 0.15) is 38.2 Å². The van der Waals surface area contributed by atoms with E-state index < -0.39 is 23.8 Å². The van der Waals surface area contributed by atoms with E-state index in [2.05, 4.69) is 9.72 Å². The molecule has 0 fully saturated rings. The predicted molar refractivity (Wildman–Crippen MR) is 66.0 cm³/mol. The summed E-state index contributed by atoms with van der Waals surface area (Å²) >= 11 is 1.34. The Labute approximate surface area is 109 Å². The zero-order valence-corrected chi connectivity index (χ0v) is 11.3. The van der Waals surface area contributed by atoms with Crippen molar-refractivity contribution in [3.8, 4) is 0 Å². The van der Waals surface area contributed by atoms with E-state index in [-0.39, 0.29) is 6.42 Å². The Hall–Kier alpha value is -1.47. The highest BCUT2D eigenvalue weighted by Crippen LogP contribution is 2.17. The largest absolute Gasteiger partial charge is 0.516 e. The molecule has 0 aliphatic heterocycles. The van der Waals surface area contributed by atoms with Crippen LogP contribution in [-0.2, 0) is 14.3 Å². The highest BCUT2D eigenvalue weighted by atomic mass is 32.1. The summed E-state index contributed by atoms with van der Waals surface area (Å²) in [5.74, 6) is -0.730. The van der Waals surface area contributed by atoms with Gasteiger partial charge in [-0.2, -0.15) is 0 Å². The van der Waals surface area contributed by atoms with Crippen LogP contribution in [0.3, 0.4) is 0 Å². The maximum Gasteiger partial charge on any atom is 0.516 e. The topological polar surface area (TPSA) is 91.5 Å². The monoisotopic (exact) mass is 272 g/mol. The van der Waals surface area contributed by atoms with E-state index in [0.29, 0.717) is 5.01 Å². The van der Waals surface area contributed by atoms with Gasteiger partial charge in [0.15, 0.2) is 0 Å². The Bertz CT molecular complexity index is 411. The Kier molecular flexibility index (Phi) is 4.80. The number of nitrogens with zero attached hydrogens (tertiary/aromatic N) is 1. The summed E-state index contributed by atoms with van der Waals surface area (Å²) in [5, 5.41) is 2.38. The average Bonchev–Trinajstić information content (AvgIpc) is 2.65. The molecule has 0 radical (unpaired) electrons. The number of carbonyl (C=O) groups excluding carboxylic acids is 2. The number of thiazole rings is 1. The molecule has 2 N–H and O–H groups in total. The molecule has 0 aliphatic rings. The third kappa shape index (κ3) is 5.24. The minimum absolute atomic E-state index is 0.118. The van der Waals surface area contributed by atoms with Crippen molar-refractivity contribution in [1.82, 2.24) is 4.98 Å². The van der Waals surface area contributed by atoms with Crippen molar-refractivity contribution >= 4 is 23.5 Å². The summed E-state index contributed by atoms with van der Waals surface area (Å²) in [4.78, 5) is 26.6. The minimum Gasteiger partial charge on any atom is -0.428 e. The van der Waals surface area contributed by atoms with Crippen molar-refractivity contribution in [3.05, 3.63) is 16.6 Å². The van der Waals surface area contributed by atoms with Gasteiger partial charge in [-0.05, 0) is 20.8 Å². The van der Waals surface area contributed by atoms with Crippen molar-refractivity contribution in [1.29, 1.82) is 0 Å². The van der Waals surface area contributed by atoms with E-state index in [0.717, 1.165) is 0 Å². The van der Waals surface area contributed by atoms with Gasteiger partial charge in [0.2, 0.25) is 0 Å². The molecular weight excluding hydrogens is 256 g/mol. The van der Waals surface area contributed by atoms with Crippen molar-refractivity contribution in [2.75, 3.05) is 0 Å². The summed E-state index contributed by atoms with van der Waals surface area (Å²) in [6.45, 7) is 5.04. The molecule has 18 heavy (non-hydrogen) atoms. The van der Waals surface area contributed by atoms with Gasteiger partial charge in [0, 0.05) is 11.6 Å². The molecule has 1 heterocycles. The lowest BCUT2D eigenvalue weighted by Gasteiger charge is -2.18. The van der Waals surface area contributed by atoms with Gasteiger partial charge >= 0.3 is 12.1 Å². The molecule has 6 nitrogen and oxygen atoms in total. The van der Waals surface area contributed by atoms with Gasteiger partial charge < -0.3 is 15.2 Å². The molecule has 0 aromatic carbocycles. The first-order valence-electron chi connectivity index (χ1n) is 5.36. The summed E-state index contributed by atoms with van der Waals surface area (Å²) in [7, 11) is 0. The first-order chi connectivity index (χ1) is 8.28. The van der Waals surface area contributed by atoms with E-state index in [1.54, 1.807) is 32.3 Å². The Balaban J connectivity index is 2.40. The second-order valence-electron chi connectivity index (χ2n) is 4.62. The van der Waals surface area contributed by atoms with Crippen LogP contribution >= 0.6 is 11.3 Å². The van der Waals surface area contributed by atoms with Crippen LogP contribution < -0.4 is 5.73 Å².